The highest BCUT2D eigenvalue weighted by Gasteiger charge is 2.04. The first-order valence-electron chi connectivity index (χ1n) is 4.95. The van der Waals surface area contributed by atoms with E-state index in [-0.39, 0.29) is 12.5 Å². The second-order valence-corrected chi connectivity index (χ2v) is 3.23. The smallest absolute Gasteiger partial charge is 0.325 e. The van der Waals surface area contributed by atoms with Crippen molar-refractivity contribution in [3.05, 3.63) is 31.0 Å². The predicted octanol–water partition coefficient (Wildman–Crippen LogP) is 1.32. The minimum Gasteiger partial charge on any atom is -0.472 e. The fraction of sp³-hybridized carbons (Fsp3) is 0.182. The van der Waals surface area contributed by atoms with Crippen LogP contribution in [0.5, 0.6) is 0 Å². The van der Waals surface area contributed by atoms with Crippen molar-refractivity contribution in [1.29, 1.82) is 0 Å². The van der Waals surface area contributed by atoms with E-state index in [1.54, 1.807) is 24.7 Å². The lowest BCUT2D eigenvalue weighted by Crippen LogP contribution is -2.15. The molecule has 0 aromatic carbocycles. The molecule has 0 radical (unpaired) electrons. The van der Waals surface area contributed by atoms with Gasteiger partial charge in [-0.2, -0.15) is 0 Å². The molecule has 6 heteroatoms. The molecule has 0 atom stereocenters. The second-order valence-electron chi connectivity index (χ2n) is 3.23. The predicted molar refractivity (Wildman–Crippen MR) is 60.2 cm³/mol. The summed E-state index contributed by atoms with van der Waals surface area (Å²) in [6, 6.07) is 3.53. The van der Waals surface area contributed by atoms with Crippen molar-refractivity contribution < 1.29 is 13.9 Å². The van der Waals surface area contributed by atoms with Crippen LogP contribution in [0.2, 0.25) is 0 Å². The second kappa shape index (κ2) is 5.11. The number of rotatable bonds is 4. The van der Waals surface area contributed by atoms with E-state index in [0.29, 0.717) is 5.82 Å². The van der Waals surface area contributed by atoms with Crippen LogP contribution in [0.1, 0.15) is 0 Å². The Morgan fingerprint density at radius 3 is 3.12 bits per heavy atom. The fourth-order valence-corrected chi connectivity index (χ4v) is 1.26. The SMILES string of the molecule is COC(=O)CNc1cc(-c2ccoc2)ncn1. The molecule has 2 aromatic heterocycles. The van der Waals surface area contributed by atoms with Gasteiger partial charge < -0.3 is 14.5 Å². The van der Waals surface area contributed by atoms with Gasteiger partial charge in [0.15, 0.2) is 0 Å². The number of hydrogen-bond donors (Lipinski definition) is 1. The van der Waals surface area contributed by atoms with Crippen molar-refractivity contribution in [2.24, 2.45) is 0 Å². The number of furan rings is 1. The van der Waals surface area contributed by atoms with E-state index in [2.05, 4.69) is 20.0 Å². The summed E-state index contributed by atoms with van der Waals surface area (Å²) in [6.45, 7) is 0.0678. The van der Waals surface area contributed by atoms with Gasteiger partial charge in [0.1, 0.15) is 18.7 Å². The molecule has 2 heterocycles. The first-order chi connectivity index (χ1) is 8.29. The Morgan fingerprint density at radius 2 is 2.41 bits per heavy atom. The quantitative estimate of drug-likeness (QED) is 0.802. The van der Waals surface area contributed by atoms with Gasteiger partial charge >= 0.3 is 5.97 Å². The molecule has 0 fully saturated rings. The molecule has 0 aliphatic heterocycles. The number of anilines is 1. The molecule has 0 aliphatic rings. The van der Waals surface area contributed by atoms with Crippen LogP contribution >= 0.6 is 0 Å². The zero-order chi connectivity index (χ0) is 12.1. The molecular weight excluding hydrogens is 222 g/mol. The van der Waals surface area contributed by atoms with Crippen molar-refractivity contribution in [3.63, 3.8) is 0 Å². The summed E-state index contributed by atoms with van der Waals surface area (Å²) >= 11 is 0. The number of nitrogens with one attached hydrogen (secondary N) is 1. The number of carbonyl (C=O) groups is 1. The van der Waals surface area contributed by atoms with Gasteiger partial charge in [0.05, 0.1) is 25.3 Å². The summed E-state index contributed by atoms with van der Waals surface area (Å²) in [5, 5.41) is 2.84. The Hall–Kier alpha value is -2.37. The van der Waals surface area contributed by atoms with E-state index in [0.717, 1.165) is 11.3 Å². The molecule has 0 bridgehead atoms. The summed E-state index contributed by atoms with van der Waals surface area (Å²) < 4.78 is 9.48. The first kappa shape index (κ1) is 11.1. The molecule has 88 valence electrons. The van der Waals surface area contributed by atoms with Gasteiger partial charge in [-0.25, -0.2) is 9.97 Å². The molecule has 0 saturated heterocycles. The van der Waals surface area contributed by atoms with Crippen molar-refractivity contribution in [3.8, 4) is 11.3 Å². The zero-order valence-electron chi connectivity index (χ0n) is 9.21. The van der Waals surface area contributed by atoms with Gasteiger partial charge in [-0.1, -0.05) is 0 Å². The van der Waals surface area contributed by atoms with Crippen molar-refractivity contribution in [1.82, 2.24) is 9.97 Å². The molecule has 0 spiro atoms. The van der Waals surface area contributed by atoms with Crippen LogP contribution in [0, 0.1) is 0 Å². The van der Waals surface area contributed by atoms with E-state index in [9.17, 15) is 4.79 Å². The zero-order valence-corrected chi connectivity index (χ0v) is 9.21. The molecule has 0 amide bonds. The summed E-state index contributed by atoms with van der Waals surface area (Å²) in [4.78, 5) is 19.1. The van der Waals surface area contributed by atoms with E-state index < -0.39 is 0 Å². The monoisotopic (exact) mass is 233 g/mol. The maximum Gasteiger partial charge on any atom is 0.325 e. The molecule has 0 saturated carbocycles. The first-order valence-corrected chi connectivity index (χ1v) is 4.95. The van der Waals surface area contributed by atoms with Crippen molar-refractivity contribution >= 4 is 11.8 Å². The Labute approximate surface area is 97.6 Å². The normalized spacial score (nSPS) is 9.94. The molecule has 2 rings (SSSR count). The van der Waals surface area contributed by atoms with E-state index >= 15 is 0 Å². The number of esters is 1. The minimum absolute atomic E-state index is 0.0678. The lowest BCUT2D eigenvalue weighted by Gasteiger charge is -2.04. The van der Waals surface area contributed by atoms with Crippen LogP contribution in [0.25, 0.3) is 11.3 Å². The van der Waals surface area contributed by atoms with Crippen LogP contribution in [0.15, 0.2) is 35.4 Å². The van der Waals surface area contributed by atoms with Gasteiger partial charge in [0.2, 0.25) is 0 Å². The highest BCUT2D eigenvalue weighted by molar-refractivity contribution is 5.74. The fourth-order valence-electron chi connectivity index (χ4n) is 1.26. The summed E-state index contributed by atoms with van der Waals surface area (Å²) in [6.07, 6.45) is 4.58. The highest BCUT2D eigenvalue weighted by Crippen LogP contribution is 2.18. The third-order valence-electron chi connectivity index (χ3n) is 2.13. The molecule has 2 aromatic rings. The van der Waals surface area contributed by atoms with Crippen LogP contribution < -0.4 is 5.32 Å². The van der Waals surface area contributed by atoms with Crippen molar-refractivity contribution in [2.45, 2.75) is 0 Å². The van der Waals surface area contributed by atoms with Gasteiger partial charge in [0, 0.05) is 11.6 Å². The average Bonchev–Trinajstić information content (AvgIpc) is 2.90. The van der Waals surface area contributed by atoms with E-state index in [4.69, 9.17) is 4.42 Å². The van der Waals surface area contributed by atoms with E-state index in [1.165, 1.54) is 13.4 Å². The Kier molecular flexibility index (Phi) is 3.34. The van der Waals surface area contributed by atoms with Gasteiger partial charge in [-0.05, 0) is 6.07 Å². The highest BCUT2D eigenvalue weighted by atomic mass is 16.5. The minimum atomic E-state index is -0.353. The van der Waals surface area contributed by atoms with Crippen LogP contribution in [0.4, 0.5) is 5.82 Å². The van der Waals surface area contributed by atoms with Gasteiger partial charge in [-0.15, -0.1) is 0 Å². The average molecular weight is 233 g/mol. The summed E-state index contributed by atoms with van der Waals surface area (Å²) in [7, 11) is 1.33. The number of carbonyl (C=O) groups excluding carboxylic acids is 1. The van der Waals surface area contributed by atoms with Crippen LogP contribution in [-0.4, -0.2) is 29.6 Å². The topological polar surface area (TPSA) is 77.2 Å². The number of hydrogen-bond acceptors (Lipinski definition) is 6. The Balaban J connectivity index is 2.09. The summed E-state index contributed by atoms with van der Waals surface area (Å²) in [5.74, 6) is 0.204. The van der Waals surface area contributed by atoms with E-state index in [1.807, 2.05) is 0 Å². The van der Waals surface area contributed by atoms with Crippen LogP contribution in [0.3, 0.4) is 0 Å². The van der Waals surface area contributed by atoms with Gasteiger partial charge in [-0.3, -0.25) is 4.79 Å². The molecule has 0 aliphatic carbocycles. The van der Waals surface area contributed by atoms with Crippen molar-refractivity contribution in [2.75, 3.05) is 19.0 Å². The number of ether oxygens (including phenoxy) is 1. The molecule has 17 heavy (non-hydrogen) atoms. The Morgan fingerprint density at radius 1 is 1.53 bits per heavy atom. The molecular formula is C11H11N3O3. The standard InChI is InChI=1S/C11H11N3O3/c1-16-11(15)5-12-10-4-9(13-7-14-10)8-2-3-17-6-8/h2-4,6-7H,5H2,1H3,(H,12,13,14). The molecule has 0 unspecified atom stereocenters. The summed E-state index contributed by atoms with van der Waals surface area (Å²) in [5.41, 5.74) is 1.58. The van der Waals surface area contributed by atoms with Crippen LogP contribution in [-0.2, 0) is 9.53 Å². The maximum absolute atomic E-state index is 11.0. The molecule has 6 nitrogen and oxygen atoms in total. The number of aromatic nitrogens is 2. The number of nitrogens with zero attached hydrogens (tertiary/aromatic N) is 2. The lowest BCUT2D eigenvalue weighted by molar-refractivity contribution is -0.138. The third-order valence-corrected chi connectivity index (χ3v) is 2.13. The van der Waals surface area contributed by atoms with Gasteiger partial charge in [0.25, 0.3) is 0 Å². The molecule has 1 N–H and O–H groups in total. The maximum atomic E-state index is 11.0. The lowest BCUT2D eigenvalue weighted by atomic mass is 10.2. The number of methoxy groups -OCH3 is 1. The third kappa shape index (κ3) is 2.81. The Bertz CT molecular complexity index is 496. The largest absolute Gasteiger partial charge is 0.472 e.